The van der Waals surface area contributed by atoms with Crippen molar-refractivity contribution >= 4 is 44.5 Å². The Morgan fingerprint density at radius 3 is 2.38 bits per heavy atom. The number of furan rings is 1. The van der Waals surface area contributed by atoms with Gasteiger partial charge in [-0.15, -0.1) is 0 Å². The van der Waals surface area contributed by atoms with E-state index in [1.165, 1.54) is 61.4 Å². The zero-order chi connectivity index (χ0) is 33.6. The Morgan fingerprint density at radius 2 is 1.70 bits per heavy atom. The predicted molar refractivity (Wildman–Crippen MR) is 179 cm³/mol. The lowest BCUT2D eigenvalue weighted by Gasteiger charge is -2.20. The summed E-state index contributed by atoms with van der Waals surface area (Å²) in [5.74, 6) is -0.271. The molecule has 0 aliphatic rings. The van der Waals surface area contributed by atoms with Crippen LogP contribution in [0.5, 0.6) is 5.75 Å². The molecule has 9 nitrogen and oxygen atoms in total. The van der Waals surface area contributed by atoms with Crippen LogP contribution in [0.25, 0.3) is 44.3 Å². The number of carbonyl (C=O) groups is 1. The molecule has 0 aliphatic heterocycles. The average Bonchev–Trinajstić information content (AvgIpc) is 3.44. The van der Waals surface area contributed by atoms with Gasteiger partial charge in [0.05, 0.1) is 35.8 Å². The SMILES string of the molecule is CNC(=O)c1c(-c2ccc(F)cc2)oc2cc(N(C)S(C)=O)c(-c3ccc4nc(C)n(Cc5ccc(F)cc5OC)c(=O)c4c3)cc12. The second kappa shape index (κ2) is 12.4. The number of rotatable bonds is 8. The molecule has 4 aromatic carbocycles. The van der Waals surface area contributed by atoms with Crippen molar-refractivity contribution in [2.24, 2.45) is 0 Å². The summed E-state index contributed by atoms with van der Waals surface area (Å²) in [6, 6.07) is 18.5. The van der Waals surface area contributed by atoms with E-state index in [9.17, 15) is 22.6 Å². The number of hydrogen-bond donors (Lipinski definition) is 1. The molecule has 2 heterocycles. The maximum absolute atomic E-state index is 14.0. The quantitative estimate of drug-likeness (QED) is 0.209. The lowest BCUT2D eigenvalue weighted by Crippen LogP contribution is -2.24. The summed E-state index contributed by atoms with van der Waals surface area (Å²) in [5.41, 5.74) is 3.58. The number of ether oxygens (including phenoxy) is 1. The van der Waals surface area contributed by atoms with Gasteiger partial charge in [0, 0.05) is 54.6 Å². The van der Waals surface area contributed by atoms with Crippen LogP contribution in [0.2, 0.25) is 0 Å². The second-order valence-electron chi connectivity index (χ2n) is 10.9. The number of methoxy groups -OCH3 is 1. The van der Waals surface area contributed by atoms with Crippen molar-refractivity contribution < 1.29 is 26.9 Å². The summed E-state index contributed by atoms with van der Waals surface area (Å²) >= 11 is 0. The number of aromatic nitrogens is 2. The van der Waals surface area contributed by atoms with E-state index < -0.39 is 28.5 Å². The van der Waals surface area contributed by atoms with Gasteiger partial charge >= 0.3 is 0 Å². The standard InChI is InChI=1S/C35H30F2N4O5S/c1-19-39-28-13-9-21(14-26(28)35(43)41(19)18-22-8-12-24(37)15-30(22)45-4)25-16-27-31(17-29(25)40(3)47(5)44)46-33(32(27)34(42)38-2)20-6-10-23(36)11-7-20/h6-17H,18H2,1-5H3,(H,38,42). The number of amides is 1. The number of anilines is 1. The zero-order valence-corrected chi connectivity index (χ0v) is 27.0. The molecule has 12 heteroatoms. The first kappa shape index (κ1) is 31.6. The van der Waals surface area contributed by atoms with Gasteiger partial charge in [-0.2, -0.15) is 0 Å². The number of halogens is 2. The zero-order valence-electron chi connectivity index (χ0n) is 26.2. The molecule has 1 atom stereocenters. The van der Waals surface area contributed by atoms with E-state index in [0.29, 0.717) is 61.4 Å². The molecule has 47 heavy (non-hydrogen) atoms. The van der Waals surface area contributed by atoms with Crippen LogP contribution in [-0.2, 0) is 17.5 Å². The van der Waals surface area contributed by atoms with Gasteiger partial charge in [0.2, 0.25) is 0 Å². The minimum absolute atomic E-state index is 0.104. The first-order valence-corrected chi connectivity index (χ1v) is 16.0. The minimum atomic E-state index is -1.45. The molecule has 6 rings (SSSR count). The fourth-order valence-electron chi connectivity index (χ4n) is 5.62. The van der Waals surface area contributed by atoms with Crippen LogP contribution in [0, 0.1) is 18.6 Å². The number of hydrogen-bond acceptors (Lipinski definition) is 6. The predicted octanol–water partition coefficient (Wildman–Crippen LogP) is 6.21. The molecule has 0 fully saturated rings. The first-order valence-electron chi connectivity index (χ1n) is 14.5. The van der Waals surface area contributed by atoms with E-state index in [0.717, 1.165) is 0 Å². The molecule has 0 saturated heterocycles. The topological polar surface area (TPSA) is 107 Å². The highest BCUT2D eigenvalue weighted by molar-refractivity contribution is 7.85. The Hall–Kier alpha value is -5.36. The molecule has 0 radical (unpaired) electrons. The number of carbonyl (C=O) groups excluding carboxylic acids is 1. The van der Waals surface area contributed by atoms with Crippen LogP contribution in [0.1, 0.15) is 21.7 Å². The molecule has 2 aromatic heterocycles. The van der Waals surface area contributed by atoms with Crippen molar-refractivity contribution in [2.45, 2.75) is 13.5 Å². The Labute approximate surface area is 271 Å². The van der Waals surface area contributed by atoms with Crippen LogP contribution in [0.3, 0.4) is 0 Å². The molecular formula is C35H30F2N4O5S. The Morgan fingerprint density at radius 1 is 1.00 bits per heavy atom. The summed E-state index contributed by atoms with van der Waals surface area (Å²) < 4.78 is 54.9. The summed E-state index contributed by atoms with van der Waals surface area (Å²) in [5, 5.41) is 3.45. The van der Waals surface area contributed by atoms with E-state index in [1.807, 2.05) is 0 Å². The third-order valence-electron chi connectivity index (χ3n) is 8.13. The summed E-state index contributed by atoms with van der Waals surface area (Å²) in [6.07, 6.45) is 1.53. The third-order valence-corrected chi connectivity index (χ3v) is 9.09. The van der Waals surface area contributed by atoms with Gasteiger partial charge in [0.25, 0.3) is 11.5 Å². The molecule has 1 N–H and O–H groups in total. The number of aryl methyl sites for hydroxylation is 1. The maximum atomic E-state index is 14.0. The summed E-state index contributed by atoms with van der Waals surface area (Å²) in [6.45, 7) is 1.83. The molecule has 1 amide bonds. The van der Waals surface area contributed by atoms with Gasteiger partial charge in [0.1, 0.15) is 45.5 Å². The van der Waals surface area contributed by atoms with Gasteiger partial charge < -0.3 is 14.5 Å². The van der Waals surface area contributed by atoms with Crippen molar-refractivity contribution in [2.75, 3.05) is 31.8 Å². The number of nitrogens with one attached hydrogen (secondary N) is 1. The number of benzene rings is 4. The molecule has 1 unspecified atom stereocenters. The van der Waals surface area contributed by atoms with Crippen molar-refractivity contribution in [1.29, 1.82) is 0 Å². The van der Waals surface area contributed by atoms with Crippen LogP contribution in [0.15, 0.2) is 82.0 Å². The Balaban J connectivity index is 1.58. The third kappa shape index (κ3) is 5.76. The summed E-state index contributed by atoms with van der Waals surface area (Å²) in [4.78, 5) is 31.9. The molecule has 0 aliphatic carbocycles. The van der Waals surface area contributed by atoms with Crippen LogP contribution in [0.4, 0.5) is 14.5 Å². The number of fused-ring (bicyclic) bond motifs is 2. The summed E-state index contributed by atoms with van der Waals surface area (Å²) in [7, 11) is 3.16. The minimum Gasteiger partial charge on any atom is -0.496 e. The van der Waals surface area contributed by atoms with Crippen LogP contribution in [-0.4, -0.2) is 47.1 Å². The molecule has 0 saturated carbocycles. The van der Waals surface area contributed by atoms with E-state index in [2.05, 4.69) is 10.3 Å². The van der Waals surface area contributed by atoms with Crippen molar-refractivity contribution in [3.05, 3.63) is 112 Å². The molecule has 240 valence electrons. The smallest absolute Gasteiger partial charge is 0.261 e. The van der Waals surface area contributed by atoms with Crippen molar-refractivity contribution in [3.8, 4) is 28.2 Å². The fourth-order valence-corrected chi connectivity index (χ4v) is 6.05. The second-order valence-corrected chi connectivity index (χ2v) is 12.3. The average molecular weight is 657 g/mol. The van der Waals surface area contributed by atoms with Crippen LogP contribution < -0.4 is 19.9 Å². The largest absolute Gasteiger partial charge is 0.496 e. The molecule has 0 spiro atoms. The molecule has 6 aromatic rings. The monoisotopic (exact) mass is 656 g/mol. The van der Waals surface area contributed by atoms with Crippen molar-refractivity contribution in [3.63, 3.8) is 0 Å². The first-order chi connectivity index (χ1) is 22.5. The van der Waals surface area contributed by atoms with Gasteiger partial charge in [0.15, 0.2) is 0 Å². The van der Waals surface area contributed by atoms with E-state index in [4.69, 9.17) is 9.15 Å². The van der Waals surface area contributed by atoms with Gasteiger partial charge in [-0.3, -0.25) is 18.5 Å². The molecular weight excluding hydrogens is 626 g/mol. The van der Waals surface area contributed by atoms with E-state index >= 15 is 0 Å². The van der Waals surface area contributed by atoms with E-state index in [-0.39, 0.29) is 23.4 Å². The lowest BCUT2D eigenvalue weighted by atomic mass is 9.97. The normalized spacial score (nSPS) is 12.0. The number of nitrogens with zero attached hydrogens (tertiary/aromatic N) is 3. The van der Waals surface area contributed by atoms with Gasteiger partial charge in [-0.05, 0) is 61.0 Å². The molecule has 0 bridgehead atoms. The highest BCUT2D eigenvalue weighted by Gasteiger charge is 2.25. The van der Waals surface area contributed by atoms with Crippen molar-refractivity contribution in [1.82, 2.24) is 14.9 Å². The Kier molecular flexibility index (Phi) is 8.37. The lowest BCUT2D eigenvalue weighted by molar-refractivity contribution is 0.0964. The maximum Gasteiger partial charge on any atom is 0.261 e. The van der Waals surface area contributed by atoms with E-state index in [1.54, 1.807) is 54.7 Å². The van der Waals surface area contributed by atoms with Crippen LogP contribution >= 0.6 is 0 Å². The van der Waals surface area contributed by atoms with Gasteiger partial charge in [-0.25, -0.2) is 18.0 Å². The fraction of sp³-hybridized carbons (Fsp3) is 0.171. The highest BCUT2D eigenvalue weighted by atomic mass is 32.2. The Bertz CT molecular complexity index is 2280. The van der Waals surface area contributed by atoms with Gasteiger partial charge in [-0.1, -0.05) is 12.1 Å². The highest BCUT2D eigenvalue weighted by Crippen LogP contribution is 2.41.